The number of aromatic nitrogens is 1. The first-order valence-corrected chi connectivity index (χ1v) is 6.03. The molecule has 0 N–H and O–H groups in total. The van der Waals surface area contributed by atoms with Crippen molar-refractivity contribution in [1.82, 2.24) is 3.97 Å². The van der Waals surface area contributed by atoms with Gasteiger partial charge < -0.3 is 0 Å². The second-order valence-corrected chi connectivity index (χ2v) is 4.98. The lowest BCUT2D eigenvalue weighted by molar-refractivity contribution is 0.111. The molecule has 0 saturated carbocycles. The summed E-state index contributed by atoms with van der Waals surface area (Å²) in [7, 11) is -3.65. The van der Waals surface area contributed by atoms with Crippen molar-refractivity contribution < 1.29 is 13.2 Å². The van der Waals surface area contributed by atoms with E-state index in [4.69, 9.17) is 0 Å². The van der Waals surface area contributed by atoms with Gasteiger partial charge in [-0.1, -0.05) is 18.2 Å². The van der Waals surface area contributed by atoms with Crippen LogP contribution in [0, 0.1) is 0 Å². The number of carbonyl (C=O) groups excluding carboxylic acids is 1. The van der Waals surface area contributed by atoms with Gasteiger partial charge in [-0.15, -0.1) is 0 Å². The minimum Gasteiger partial charge on any atom is -0.296 e. The van der Waals surface area contributed by atoms with Crippen LogP contribution in [-0.4, -0.2) is 18.7 Å². The van der Waals surface area contributed by atoms with Gasteiger partial charge in [-0.3, -0.25) is 4.79 Å². The molecule has 2 aromatic rings. The van der Waals surface area contributed by atoms with Gasteiger partial charge in [-0.2, -0.15) is 0 Å². The molecule has 0 unspecified atom stereocenters. The monoisotopic (exact) mass is 235 g/mol. The van der Waals surface area contributed by atoms with Gasteiger partial charge in [0, 0.05) is 6.20 Å². The highest BCUT2D eigenvalue weighted by atomic mass is 32.2. The summed E-state index contributed by atoms with van der Waals surface area (Å²) in [6.45, 7) is 0. The fraction of sp³-hybridized carbons (Fsp3) is 0. The third-order valence-corrected chi connectivity index (χ3v) is 3.88. The van der Waals surface area contributed by atoms with E-state index in [2.05, 4.69) is 0 Å². The van der Waals surface area contributed by atoms with Crippen LogP contribution >= 0.6 is 0 Å². The van der Waals surface area contributed by atoms with Crippen LogP contribution < -0.4 is 0 Å². The van der Waals surface area contributed by atoms with Crippen LogP contribution in [0.1, 0.15) is 10.5 Å². The van der Waals surface area contributed by atoms with Gasteiger partial charge in [-0.05, 0) is 24.3 Å². The van der Waals surface area contributed by atoms with E-state index < -0.39 is 10.0 Å². The Bertz CT molecular complexity index is 599. The summed E-state index contributed by atoms with van der Waals surface area (Å²) in [6.07, 6.45) is 1.87. The van der Waals surface area contributed by atoms with E-state index in [-0.39, 0.29) is 10.6 Å². The number of aldehydes is 1. The van der Waals surface area contributed by atoms with Crippen molar-refractivity contribution in [2.75, 3.05) is 0 Å². The van der Waals surface area contributed by atoms with Crippen LogP contribution in [-0.2, 0) is 10.0 Å². The lowest BCUT2D eigenvalue weighted by Crippen LogP contribution is -2.14. The SMILES string of the molecule is O=Cc1cccn1S(=O)(=O)c1ccccc1. The molecule has 1 heterocycles. The maximum absolute atomic E-state index is 12.1. The number of carbonyl (C=O) groups is 1. The summed E-state index contributed by atoms with van der Waals surface area (Å²) in [5.74, 6) is 0. The molecule has 0 aliphatic rings. The van der Waals surface area contributed by atoms with E-state index in [1.165, 1.54) is 30.5 Å². The molecule has 16 heavy (non-hydrogen) atoms. The molecular weight excluding hydrogens is 226 g/mol. The van der Waals surface area contributed by atoms with Crippen molar-refractivity contribution in [3.63, 3.8) is 0 Å². The molecule has 5 heteroatoms. The molecule has 0 spiro atoms. The minimum atomic E-state index is -3.65. The first-order chi connectivity index (χ1) is 7.66. The molecular formula is C11H9NO3S. The molecule has 2 rings (SSSR count). The second-order valence-electron chi connectivity index (χ2n) is 3.16. The molecule has 1 aromatic heterocycles. The molecule has 0 fully saturated rings. The minimum absolute atomic E-state index is 0.115. The molecule has 0 amide bonds. The topological polar surface area (TPSA) is 56.1 Å². The van der Waals surface area contributed by atoms with E-state index >= 15 is 0 Å². The van der Waals surface area contributed by atoms with Gasteiger partial charge in [0.05, 0.1) is 10.6 Å². The number of rotatable bonds is 3. The third kappa shape index (κ3) is 1.65. The Labute approximate surface area is 93.2 Å². The van der Waals surface area contributed by atoms with Crippen molar-refractivity contribution >= 4 is 16.3 Å². The third-order valence-electron chi connectivity index (χ3n) is 2.16. The maximum Gasteiger partial charge on any atom is 0.268 e. The molecule has 0 bridgehead atoms. The van der Waals surface area contributed by atoms with Crippen LogP contribution in [0.5, 0.6) is 0 Å². The smallest absolute Gasteiger partial charge is 0.268 e. The lowest BCUT2D eigenvalue weighted by atomic mass is 10.4. The van der Waals surface area contributed by atoms with E-state index in [9.17, 15) is 13.2 Å². The van der Waals surface area contributed by atoms with Crippen molar-refractivity contribution in [1.29, 1.82) is 0 Å². The van der Waals surface area contributed by atoms with Crippen molar-refractivity contribution in [3.05, 3.63) is 54.4 Å². The zero-order valence-electron chi connectivity index (χ0n) is 8.28. The maximum atomic E-state index is 12.1. The number of benzene rings is 1. The number of hydrogen-bond donors (Lipinski definition) is 0. The largest absolute Gasteiger partial charge is 0.296 e. The zero-order chi connectivity index (χ0) is 11.6. The summed E-state index contributed by atoms with van der Waals surface area (Å²) < 4.78 is 25.1. The van der Waals surface area contributed by atoms with Gasteiger partial charge in [-0.25, -0.2) is 12.4 Å². The van der Waals surface area contributed by atoms with Gasteiger partial charge in [0.2, 0.25) is 0 Å². The van der Waals surface area contributed by atoms with Gasteiger partial charge >= 0.3 is 0 Å². The fourth-order valence-corrected chi connectivity index (χ4v) is 2.74. The van der Waals surface area contributed by atoms with Gasteiger partial charge in [0.1, 0.15) is 0 Å². The average Bonchev–Trinajstić information content (AvgIpc) is 2.79. The first kappa shape index (κ1) is 10.6. The summed E-state index contributed by atoms with van der Waals surface area (Å²) >= 11 is 0. The summed E-state index contributed by atoms with van der Waals surface area (Å²) in [5.41, 5.74) is 0.115. The molecule has 0 saturated heterocycles. The normalized spacial score (nSPS) is 11.2. The summed E-state index contributed by atoms with van der Waals surface area (Å²) in [4.78, 5) is 10.8. The second kappa shape index (κ2) is 3.94. The Kier molecular flexibility index (Phi) is 2.62. The van der Waals surface area contributed by atoms with Crippen LogP contribution in [0.3, 0.4) is 0 Å². The van der Waals surface area contributed by atoms with Gasteiger partial charge in [0.15, 0.2) is 6.29 Å². The Balaban J connectivity index is 2.61. The molecule has 4 nitrogen and oxygen atoms in total. The van der Waals surface area contributed by atoms with Crippen LogP contribution in [0.25, 0.3) is 0 Å². The first-order valence-electron chi connectivity index (χ1n) is 4.59. The number of nitrogens with zero attached hydrogens (tertiary/aromatic N) is 1. The van der Waals surface area contributed by atoms with Crippen molar-refractivity contribution in [3.8, 4) is 0 Å². The molecule has 0 radical (unpaired) electrons. The van der Waals surface area contributed by atoms with Crippen molar-refractivity contribution in [2.24, 2.45) is 0 Å². The van der Waals surface area contributed by atoms with Crippen LogP contribution in [0.2, 0.25) is 0 Å². The van der Waals surface area contributed by atoms with E-state index in [0.29, 0.717) is 6.29 Å². The molecule has 0 atom stereocenters. The quantitative estimate of drug-likeness (QED) is 0.758. The molecule has 0 aliphatic heterocycles. The zero-order valence-corrected chi connectivity index (χ0v) is 9.09. The van der Waals surface area contributed by atoms with Crippen LogP contribution in [0.15, 0.2) is 53.6 Å². The highest BCUT2D eigenvalue weighted by Crippen LogP contribution is 2.14. The molecule has 82 valence electrons. The Morgan fingerprint density at radius 2 is 1.69 bits per heavy atom. The summed E-state index contributed by atoms with van der Waals surface area (Å²) in [6, 6.07) is 11.0. The predicted octanol–water partition coefficient (Wildman–Crippen LogP) is 1.54. The Morgan fingerprint density at radius 3 is 2.31 bits per heavy atom. The van der Waals surface area contributed by atoms with Crippen molar-refractivity contribution in [2.45, 2.75) is 4.90 Å². The number of hydrogen-bond acceptors (Lipinski definition) is 3. The molecule has 0 aliphatic carbocycles. The Morgan fingerprint density at radius 1 is 1.00 bits per heavy atom. The van der Waals surface area contributed by atoms with Gasteiger partial charge in [0.25, 0.3) is 10.0 Å². The van der Waals surface area contributed by atoms with Crippen LogP contribution in [0.4, 0.5) is 0 Å². The average molecular weight is 235 g/mol. The highest BCUT2D eigenvalue weighted by molar-refractivity contribution is 7.90. The highest BCUT2D eigenvalue weighted by Gasteiger charge is 2.18. The lowest BCUT2D eigenvalue weighted by Gasteiger charge is -2.06. The predicted molar refractivity (Wildman–Crippen MR) is 58.8 cm³/mol. The molecule has 1 aromatic carbocycles. The Hall–Kier alpha value is -1.88. The van der Waals surface area contributed by atoms with E-state index in [1.807, 2.05) is 0 Å². The summed E-state index contributed by atoms with van der Waals surface area (Å²) in [5, 5.41) is 0. The standard InChI is InChI=1S/C11H9NO3S/c13-9-10-5-4-8-12(10)16(14,15)11-6-2-1-3-7-11/h1-9H. The van der Waals surface area contributed by atoms with E-state index in [0.717, 1.165) is 3.97 Å². The van der Waals surface area contributed by atoms with E-state index in [1.54, 1.807) is 18.2 Å². The fourth-order valence-electron chi connectivity index (χ4n) is 1.40.